The minimum atomic E-state index is 0.00247. The van der Waals surface area contributed by atoms with Gasteiger partial charge in [0.25, 0.3) is 11.8 Å². The van der Waals surface area contributed by atoms with Crippen LogP contribution in [0.15, 0.2) is 41.1 Å². The number of carbonyl (C=O) groups excluding carboxylic acids is 2. The number of hydrogen-bond acceptors (Lipinski definition) is 6. The molecule has 32 heavy (non-hydrogen) atoms. The van der Waals surface area contributed by atoms with Gasteiger partial charge in [0, 0.05) is 32.4 Å². The maximum absolute atomic E-state index is 13.2. The molecule has 0 aromatic carbocycles. The van der Waals surface area contributed by atoms with E-state index in [1.165, 1.54) is 11.3 Å². The molecule has 5 rings (SSSR count). The molecule has 5 heterocycles. The van der Waals surface area contributed by atoms with E-state index in [4.69, 9.17) is 4.52 Å². The van der Waals surface area contributed by atoms with Crippen molar-refractivity contribution < 1.29 is 14.1 Å². The number of thiophene rings is 1. The van der Waals surface area contributed by atoms with Crippen LogP contribution in [-0.4, -0.2) is 57.9 Å². The average Bonchev–Trinajstić information content (AvgIpc) is 3.54. The number of nitrogens with zero attached hydrogens (tertiary/aromatic N) is 4. The van der Waals surface area contributed by atoms with E-state index in [-0.39, 0.29) is 17.2 Å². The van der Waals surface area contributed by atoms with Crippen LogP contribution in [0.2, 0.25) is 0 Å². The molecule has 2 amide bonds. The molecule has 0 atom stereocenters. The van der Waals surface area contributed by atoms with Crippen LogP contribution >= 0.6 is 11.3 Å². The first kappa shape index (κ1) is 20.9. The minimum absolute atomic E-state index is 0.00247. The third kappa shape index (κ3) is 3.72. The van der Waals surface area contributed by atoms with Gasteiger partial charge in [-0.1, -0.05) is 11.2 Å². The van der Waals surface area contributed by atoms with Crippen molar-refractivity contribution >= 4 is 23.2 Å². The van der Waals surface area contributed by atoms with Crippen molar-refractivity contribution in [1.29, 1.82) is 0 Å². The van der Waals surface area contributed by atoms with Gasteiger partial charge in [-0.15, -0.1) is 11.3 Å². The Balaban J connectivity index is 1.22. The van der Waals surface area contributed by atoms with Crippen LogP contribution in [0.25, 0.3) is 10.6 Å². The van der Waals surface area contributed by atoms with Gasteiger partial charge in [0.1, 0.15) is 11.3 Å². The highest BCUT2D eigenvalue weighted by atomic mass is 32.1. The third-order valence-corrected chi connectivity index (χ3v) is 7.91. The van der Waals surface area contributed by atoms with E-state index in [2.05, 4.69) is 10.1 Å². The van der Waals surface area contributed by atoms with Gasteiger partial charge >= 0.3 is 0 Å². The summed E-state index contributed by atoms with van der Waals surface area (Å²) in [6, 6.07) is 9.69. The molecule has 0 radical (unpaired) electrons. The number of pyridine rings is 1. The summed E-state index contributed by atoms with van der Waals surface area (Å²) < 4.78 is 5.17. The maximum Gasteiger partial charge on any atom is 0.263 e. The number of rotatable bonds is 3. The lowest BCUT2D eigenvalue weighted by Gasteiger charge is -2.39. The molecule has 8 heteroatoms. The summed E-state index contributed by atoms with van der Waals surface area (Å²) >= 11 is 1.50. The molecule has 0 unspecified atom stereocenters. The van der Waals surface area contributed by atoms with Crippen molar-refractivity contribution in [3.8, 4) is 10.6 Å². The van der Waals surface area contributed by atoms with Gasteiger partial charge in [-0.05, 0) is 62.8 Å². The molecule has 2 fully saturated rings. The molecular formula is C24H26N4O3S. The van der Waals surface area contributed by atoms with Crippen molar-refractivity contribution in [2.24, 2.45) is 5.41 Å². The highest BCUT2D eigenvalue weighted by molar-refractivity contribution is 7.17. The molecule has 2 aliphatic rings. The second-order valence-electron chi connectivity index (χ2n) is 8.85. The van der Waals surface area contributed by atoms with Crippen LogP contribution in [-0.2, 0) is 0 Å². The minimum Gasteiger partial charge on any atom is -0.361 e. The summed E-state index contributed by atoms with van der Waals surface area (Å²) in [6.45, 7) is 6.52. The topological polar surface area (TPSA) is 79.5 Å². The highest BCUT2D eigenvalue weighted by Crippen LogP contribution is 2.41. The van der Waals surface area contributed by atoms with Gasteiger partial charge in [0.15, 0.2) is 0 Å². The van der Waals surface area contributed by atoms with E-state index >= 15 is 0 Å². The van der Waals surface area contributed by atoms with Crippen molar-refractivity contribution in [3.05, 3.63) is 58.4 Å². The summed E-state index contributed by atoms with van der Waals surface area (Å²) in [6.07, 6.45) is 4.58. The first-order valence-electron chi connectivity index (χ1n) is 11.0. The van der Waals surface area contributed by atoms with Crippen molar-refractivity contribution in [1.82, 2.24) is 19.9 Å². The van der Waals surface area contributed by atoms with E-state index in [1.807, 2.05) is 40.1 Å². The van der Waals surface area contributed by atoms with Crippen LogP contribution in [0, 0.1) is 19.3 Å². The molecule has 2 saturated heterocycles. The maximum atomic E-state index is 13.2. The number of piperidine rings is 1. The molecule has 0 bridgehead atoms. The molecule has 3 aromatic heterocycles. The zero-order chi connectivity index (χ0) is 22.3. The van der Waals surface area contributed by atoms with Gasteiger partial charge in [-0.25, -0.2) is 0 Å². The van der Waals surface area contributed by atoms with E-state index in [0.717, 1.165) is 47.8 Å². The van der Waals surface area contributed by atoms with Gasteiger partial charge in [-0.3, -0.25) is 14.6 Å². The normalized spacial score (nSPS) is 17.8. The molecule has 2 aliphatic heterocycles. The lowest BCUT2D eigenvalue weighted by Crippen LogP contribution is -2.44. The Kier molecular flexibility index (Phi) is 5.33. The molecule has 0 aliphatic carbocycles. The first-order chi connectivity index (χ1) is 15.5. The third-order valence-electron chi connectivity index (χ3n) is 6.82. The van der Waals surface area contributed by atoms with Gasteiger partial charge in [-0.2, -0.15) is 0 Å². The lowest BCUT2D eigenvalue weighted by atomic mass is 9.77. The summed E-state index contributed by atoms with van der Waals surface area (Å²) in [5.74, 6) is 0.678. The van der Waals surface area contributed by atoms with E-state index in [0.29, 0.717) is 30.1 Å². The molecule has 1 spiro atoms. The molecule has 7 nitrogen and oxygen atoms in total. The van der Waals surface area contributed by atoms with E-state index < -0.39 is 0 Å². The van der Waals surface area contributed by atoms with Crippen LogP contribution in [0.3, 0.4) is 0 Å². The number of carbonyl (C=O) groups is 2. The lowest BCUT2D eigenvalue weighted by molar-refractivity contribution is 0.0564. The summed E-state index contributed by atoms with van der Waals surface area (Å²) in [5, 5.41) is 3.91. The Morgan fingerprint density at radius 3 is 2.41 bits per heavy atom. The zero-order valence-electron chi connectivity index (χ0n) is 18.3. The van der Waals surface area contributed by atoms with Gasteiger partial charge < -0.3 is 14.3 Å². The largest absolute Gasteiger partial charge is 0.361 e. The zero-order valence-corrected chi connectivity index (χ0v) is 19.2. The summed E-state index contributed by atoms with van der Waals surface area (Å²) in [5.41, 5.74) is 2.23. The van der Waals surface area contributed by atoms with E-state index in [9.17, 15) is 9.59 Å². The number of hydrogen-bond donors (Lipinski definition) is 0. The summed E-state index contributed by atoms with van der Waals surface area (Å²) in [7, 11) is 0. The average molecular weight is 451 g/mol. The summed E-state index contributed by atoms with van der Waals surface area (Å²) in [4.78, 5) is 36.1. The SMILES string of the molecule is Cc1noc(C)c1C(=O)N1CCC2(CCN(C(=O)c3ccc(-c4ccccn4)s3)C2)CC1. The van der Waals surface area contributed by atoms with E-state index in [1.54, 1.807) is 20.0 Å². The van der Waals surface area contributed by atoms with Crippen LogP contribution in [0.4, 0.5) is 0 Å². The Labute approximate surface area is 191 Å². The second-order valence-corrected chi connectivity index (χ2v) is 9.93. The molecule has 0 N–H and O–H groups in total. The molecule has 166 valence electrons. The Morgan fingerprint density at radius 1 is 1.00 bits per heavy atom. The number of likely N-dealkylation sites (tertiary alicyclic amines) is 2. The molecular weight excluding hydrogens is 424 g/mol. The number of amides is 2. The van der Waals surface area contributed by atoms with Crippen LogP contribution in [0.5, 0.6) is 0 Å². The Morgan fingerprint density at radius 2 is 1.75 bits per heavy atom. The monoisotopic (exact) mass is 450 g/mol. The van der Waals surface area contributed by atoms with Crippen molar-refractivity contribution in [3.63, 3.8) is 0 Å². The first-order valence-corrected chi connectivity index (χ1v) is 11.8. The molecule has 3 aromatic rings. The predicted octanol–water partition coefficient (Wildman–Crippen LogP) is 4.18. The number of aryl methyl sites for hydroxylation is 2. The number of aromatic nitrogens is 2. The smallest absolute Gasteiger partial charge is 0.263 e. The second kappa shape index (κ2) is 8.16. The Bertz CT molecular complexity index is 1130. The van der Waals surface area contributed by atoms with Crippen LogP contribution < -0.4 is 0 Å². The highest BCUT2D eigenvalue weighted by Gasteiger charge is 2.43. The fraction of sp³-hybridized carbons (Fsp3) is 0.417. The Hall–Kier alpha value is -3.00. The molecule has 0 saturated carbocycles. The van der Waals surface area contributed by atoms with Crippen molar-refractivity contribution in [2.45, 2.75) is 33.1 Å². The van der Waals surface area contributed by atoms with Crippen molar-refractivity contribution in [2.75, 3.05) is 26.2 Å². The predicted molar refractivity (Wildman–Crippen MR) is 122 cm³/mol. The van der Waals surface area contributed by atoms with Gasteiger partial charge in [0.2, 0.25) is 0 Å². The standard InChI is InChI=1S/C24H26N4O3S/c1-16-21(17(2)31-26-16)23(30)27-12-8-24(9-13-27)10-14-28(15-24)22(29)20-7-6-19(32-20)18-5-3-4-11-25-18/h3-7,11H,8-10,12-15H2,1-2H3. The van der Waals surface area contributed by atoms with Gasteiger partial charge in [0.05, 0.1) is 21.1 Å². The van der Waals surface area contributed by atoms with Crippen LogP contribution in [0.1, 0.15) is 50.7 Å². The fourth-order valence-corrected chi connectivity index (χ4v) is 5.85. The quantitative estimate of drug-likeness (QED) is 0.598. The fourth-order valence-electron chi connectivity index (χ4n) is 4.90.